The molecule has 0 radical (unpaired) electrons. The normalized spacial score (nSPS) is 10.3. The van der Waals surface area contributed by atoms with Crippen LogP contribution in [0.15, 0.2) is 18.3 Å². The molecule has 2 heterocycles. The monoisotopic (exact) mass is 379 g/mol. The summed E-state index contributed by atoms with van der Waals surface area (Å²) in [6, 6.07) is 2.89. The van der Waals surface area contributed by atoms with Crippen LogP contribution >= 0.6 is 11.6 Å². The van der Waals surface area contributed by atoms with Crippen molar-refractivity contribution in [2.24, 2.45) is 7.05 Å². The van der Waals surface area contributed by atoms with Gasteiger partial charge in [0.15, 0.2) is 6.61 Å². The molecule has 0 aliphatic heterocycles. The van der Waals surface area contributed by atoms with E-state index in [1.54, 1.807) is 25.6 Å². The first-order chi connectivity index (χ1) is 12.3. The molecule has 2 amide bonds. The van der Waals surface area contributed by atoms with Crippen molar-refractivity contribution in [2.45, 2.75) is 13.8 Å². The van der Waals surface area contributed by atoms with Crippen LogP contribution in [0.4, 0.5) is 5.69 Å². The molecule has 0 aliphatic rings. The second kappa shape index (κ2) is 8.43. The Morgan fingerprint density at radius 2 is 2.04 bits per heavy atom. The summed E-state index contributed by atoms with van der Waals surface area (Å²) in [6.45, 7) is 2.69. The topological polar surface area (TPSA) is 115 Å². The summed E-state index contributed by atoms with van der Waals surface area (Å²) in [7, 11) is 1.76. The Labute approximate surface area is 154 Å². The molecule has 0 spiro atoms. The number of hydrogen-bond acceptors (Lipinski definition) is 6. The van der Waals surface area contributed by atoms with E-state index >= 15 is 0 Å². The van der Waals surface area contributed by atoms with Gasteiger partial charge in [-0.05, 0) is 26.0 Å². The average Bonchev–Trinajstić information content (AvgIpc) is 2.84. The van der Waals surface area contributed by atoms with Crippen molar-refractivity contribution < 1.29 is 19.1 Å². The Kier molecular flexibility index (Phi) is 6.29. The zero-order chi connectivity index (χ0) is 19.3. The number of amides is 2. The second-order valence-corrected chi connectivity index (χ2v) is 5.86. The van der Waals surface area contributed by atoms with Crippen molar-refractivity contribution in [2.75, 3.05) is 18.5 Å². The van der Waals surface area contributed by atoms with Gasteiger partial charge in [-0.1, -0.05) is 11.6 Å². The third kappa shape index (κ3) is 5.03. The highest BCUT2D eigenvalue weighted by Crippen LogP contribution is 2.17. The smallest absolute Gasteiger partial charge is 0.325 e. The minimum atomic E-state index is -0.754. The van der Waals surface area contributed by atoms with Crippen LogP contribution in [0.3, 0.4) is 0 Å². The summed E-state index contributed by atoms with van der Waals surface area (Å²) in [5.74, 6) is -1.83. The highest BCUT2D eigenvalue weighted by molar-refractivity contribution is 6.30. The van der Waals surface area contributed by atoms with E-state index in [0.717, 1.165) is 5.69 Å². The van der Waals surface area contributed by atoms with Crippen molar-refractivity contribution >= 4 is 35.1 Å². The number of rotatable bonds is 6. The van der Waals surface area contributed by atoms with Gasteiger partial charge in [0, 0.05) is 18.3 Å². The molecule has 2 N–H and O–H groups in total. The van der Waals surface area contributed by atoms with Crippen LogP contribution < -0.4 is 10.6 Å². The molecule has 0 atom stereocenters. The number of halogens is 1. The molecule has 0 aromatic carbocycles. The van der Waals surface area contributed by atoms with Crippen LogP contribution in [0.2, 0.25) is 5.02 Å². The van der Waals surface area contributed by atoms with E-state index in [1.165, 1.54) is 18.3 Å². The number of nitrogens with one attached hydrogen (secondary N) is 2. The Morgan fingerprint density at radius 1 is 1.31 bits per heavy atom. The average molecular weight is 380 g/mol. The summed E-state index contributed by atoms with van der Waals surface area (Å²) in [5.41, 5.74) is 2.09. The quantitative estimate of drug-likeness (QED) is 0.723. The molecule has 0 saturated heterocycles. The molecule has 26 heavy (non-hydrogen) atoms. The number of pyridine rings is 1. The Bertz CT molecular complexity index is 849. The van der Waals surface area contributed by atoms with Crippen LogP contribution in [-0.2, 0) is 21.4 Å². The fraction of sp³-hybridized carbons (Fsp3) is 0.312. The number of carbonyl (C=O) groups is 3. The van der Waals surface area contributed by atoms with Gasteiger partial charge in [0.1, 0.15) is 12.2 Å². The first-order valence-corrected chi connectivity index (χ1v) is 8.01. The predicted octanol–water partition coefficient (Wildman–Crippen LogP) is 0.997. The zero-order valence-corrected chi connectivity index (χ0v) is 15.3. The van der Waals surface area contributed by atoms with Crippen molar-refractivity contribution in [3.8, 4) is 0 Å². The van der Waals surface area contributed by atoms with Gasteiger partial charge in [0.25, 0.3) is 11.8 Å². The number of aryl methyl sites for hydroxylation is 2. The molecule has 9 nitrogen and oxygen atoms in total. The summed E-state index contributed by atoms with van der Waals surface area (Å²) in [6.07, 6.45) is 1.38. The van der Waals surface area contributed by atoms with Gasteiger partial charge in [0.2, 0.25) is 0 Å². The van der Waals surface area contributed by atoms with Gasteiger partial charge in [-0.25, -0.2) is 0 Å². The van der Waals surface area contributed by atoms with E-state index < -0.39 is 30.9 Å². The lowest BCUT2D eigenvalue weighted by Crippen LogP contribution is -2.32. The second-order valence-electron chi connectivity index (χ2n) is 5.42. The van der Waals surface area contributed by atoms with E-state index in [9.17, 15) is 14.4 Å². The van der Waals surface area contributed by atoms with Gasteiger partial charge in [-0.15, -0.1) is 0 Å². The maximum atomic E-state index is 11.9. The third-order valence-corrected chi connectivity index (χ3v) is 3.72. The Balaban J connectivity index is 1.78. The highest BCUT2D eigenvalue weighted by Gasteiger charge is 2.15. The van der Waals surface area contributed by atoms with Crippen LogP contribution in [0.25, 0.3) is 0 Å². The lowest BCUT2D eigenvalue weighted by atomic mass is 10.3. The van der Waals surface area contributed by atoms with E-state index in [2.05, 4.69) is 20.7 Å². The number of anilines is 1. The molecule has 2 rings (SSSR count). The summed E-state index contributed by atoms with van der Waals surface area (Å²) in [4.78, 5) is 39.2. The fourth-order valence-electron chi connectivity index (χ4n) is 2.10. The molecular weight excluding hydrogens is 362 g/mol. The minimum Gasteiger partial charge on any atom is -0.454 e. The van der Waals surface area contributed by atoms with Crippen molar-refractivity contribution in [1.29, 1.82) is 0 Å². The molecule has 0 aliphatic carbocycles. The zero-order valence-electron chi connectivity index (χ0n) is 14.5. The molecular formula is C16H18ClN5O4. The third-order valence-electron chi connectivity index (χ3n) is 3.49. The molecule has 0 unspecified atom stereocenters. The minimum absolute atomic E-state index is 0.0746. The highest BCUT2D eigenvalue weighted by atomic mass is 35.5. The molecule has 0 saturated carbocycles. The van der Waals surface area contributed by atoms with Gasteiger partial charge in [0.05, 0.1) is 17.1 Å². The van der Waals surface area contributed by atoms with Gasteiger partial charge < -0.3 is 15.4 Å². The molecule has 2 aromatic heterocycles. The lowest BCUT2D eigenvalue weighted by Gasteiger charge is -2.08. The van der Waals surface area contributed by atoms with Gasteiger partial charge >= 0.3 is 5.97 Å². The van der Waals surface area contributed by atoms with E-state index in [1.807, 2.05) is 0 Å². The molecule has 2 aromatic rings. The number of nitrogens with zero attached hydrogens (tertiary/aromatic N) is 3. The summed E-state index contributed by atoms with van der Waals surface area (Å²) in [5, 5.41) is 9.51. The maximum absolute atomic E-state index is 11.9. The molecule has 0 bridgehead atoms. The standard InChI is InChI=1S/C16H18ClN5O4/c1-9-15(10(2)22(3)21-9)20-13(23)8-26-14(24)7-19-16(25)12-6-11(17)4-5-18-12/h4-6H,7-8H2,1-3H3,(H,19,25)(H,20,23). The Morgan fingerprint density at radius 3 is 2.65 bits per heavy atom. The van der Waals surface area contributed by atoms with Crippen molar-refractivity contribution in [1.82, 2.24) is 20.1 Å². The Hall–Kier alpha value is -2.94. The number of ether oxygens (including phenoxy) is 1. The maximum Gasteiger partial charge on any atom is 0.325 e. The van der Waals surface area contributed by atoms with Crippen LogP contribution in [0, 0.1) is 13.8 Å². The van der Waals surface area contributed by atoms with Crippen molar-refractivity contribution in [3.63, 3.8) is 0 Å². The molecule has 138 valence electrons. The van der Waals surface area contributed by atoms with Gasteiger partial charge in [-0.2, -0.15) is 5.10 Å². The first kappa shape index (κ1) is 19.4. The number of aromatic nitrogens is 3. The first-order valence-electron chi connectivity index (χ1n) is 7.63. The largest absolute Gasteiger partial charge is 0.454 e. The molecule has 10 heteroatoms. The SMILES string of the molecule is Cc1nn(C)c(C)c1NC(=O)COC(=O)CNC(=O)c1cc(Cl)ccn1. The number of esters is 1. The van der Waals surface area contributed by atoms with Crippen LogP contribution in [0.1, 0.15) is 21.9 Å². The van der Waals surface area contributed by atoms with E-state index in [0.29, 0.717) is 16.4 Å². The molecule has 0 fully saturated rings. The van der Waals surface area contributed by atoms with Crippen molar-refractivity contribution in [3.05, 3.63) is 40.4 Å². The van der Waals surface area contributed by atoms with Gasteiger partial charge in [-0.3, -0.25) is 24.0 Å². The van der Waals surface area contributed by atoms with Crippen LogP contribution in [0.5, 0.6) is 0 Å². The lowest BCUT2D eigenvalue weighted by molar-refractivity contribution is -0.146. The van der Waals surface area contributed by atoms with E-state index in [-0.39, 0.29) is 5.69 Å². The summed E-state index contributed by atoms with van der Waals surface area (Å²) >= 11 is 5.76. The number of hydrogen-bond donors (Lipinski definition) is 2. The predicted molar refractivity (Wildman–Crippen MR) is 93.9 cm³/mol. The summed E-state index contributed by atoms with van der Waals surface area (Å²) < 4.78 is 6.47. The van der Waals surface area contributed by atoms with Crippen LogP contribution in [-0.4, -0.2) is 45.7 Å². The van der Waals surface area contributed by atoms with E-state index in [4.69, 9.17) is 16.3 Å². The fourth-order valence-corrected chi connectivity index (χ4v) is 2.26. The number of carbonyl (C=O) groups excluding carboxylic acids is 3.